The van der Waals surface area contributed by atoms with E-state index in [2.05, 4.69) is 48.2 Å². The molecular weight excluding hydrogens is 564 g/mol. The first-order valence-electron chi connectivity index (χ1n) is 10.4. The number of carbonyl (C=O) groups excluding carboxylic acids is 2. The van der Waals surface area contributed by atoms with Gasteiger partial charge >= 0.3 is 5.97 Å². The topological polar surface area (TPSA) is 77.0 Å². The fourth-order valence-corrected chi connectivity index (χ4v) is 4.80. The van der Waals surface area contributed by atoms with Crippen molar-refractivity contribution in [2.75, 3.05) is 5.32 Å². The second kappa shape index (κ2) is 10.4. The van der Waals surface area contributed by atoms with Crippen molar-refractivity contribution in [3.8, 4) is 5.75 Å². The minimum Gasteiger partial charge on any atom is -0.487 e. The largest absolute Gasteiger partial charge is 0.487 e. The predicted molar refractivity (Wildman–Crippen MR) is 139 cm³/mol. The molecule has 34 heavy (non-hydrogen) atoms. The summed E-state index contributed by atoms with van der Waals surface area (Å²) in [4.78, 5) is 27.9. The average Bonchev–Trinajstić information content (AvgIpc) is 3.13. The molecule has 0 saturated carbocycles. The second-order valence-electron chi connectivity index (χ2n) is 7.69. The van der Waals surface area contributed by atoms with Gasteiger partial charge in [-0.1, -0.05) is 29.8 Å². The monoisotopic (exact) mass is 582 g/mol. The van der Waals surface area contributed by atoms with Crippen molar-refractivity contribution < 1.29 is 19.1 Å². The number of carbonyl (C=O) groups is 2. The minimum atomic E-state index is -0.534. The van der Waals surface area contributed by atoms with E-state index in [0.29, 0.717) is 23.6 Å². The van der Waals surface area contributed by atoms with Crippen molar-refractivity contribution in [3.63, 3.8) is 0 Å². The van der Waals surface area contributed by atoms with E-state index in [1.54, 1.807) is 30.3 Å². The van der Waals surface area contributed by atoms with Gasteiger partial charge in [-0.15, -0.1) is 0 Å². The van der Waals surface area contributed by atoms with E-state index in [1.165, 1.54) is 12.5 Å². The molecule has 8 heteroatoms. The van der Waals surface area contributed by atoms with E-state index in [1.807, 2.05) is 37.3 Å². The SMILES string of the molecule is CC(=O)Nc1ccc(C2=N/C(=C\c3cc(Br)c(OCc4cccc(C)c4)c(Br)c3)C(=O)O2)cc1. The molecular formula is C26H20Br2N2O4. The Bertz CT molecular complexity index is 1310. The number of cyclic esters (lactones) is 1. The molecule has 1 aliphatic rings. The second-order valence-corrected chi connectivity index (χ2v) is 9.39. The van der Waals surface area contributed by atoms with Crippen molar-refractivity contribution in [3.05, 3.63) is 97.6 Å². The maximum atomic E-state index is 12.4. The van der Waals surface area contributed by atoms with E-state index in [9.17, 15) is 9.59 Å². The molecule has 1 N–H and O–H groups in total. The van der Waals surface area contributed by atoms with Gasteiger partial charge < -0.3 is 14.8 Å². The number of hydrogen-bond donors (Lipinski definition) is 1. The highest BCUT2D eigenvalue weighted by atomic mass is 79.9. The summed E-state index contributed by atoms with van der Waals surface area (Å²) in [5, 5.41) is 2.69. The third-order valence-corrected chi connectivity index (χ3v) is 6.04. The van der Waals surface area contributed by atoms with Crippen molar-refractivity contribution in [2.24, 2.45) is 4.99 Å². The maximum Gasteiger partial charge on any atom is 0.363 e. The van der Waals surface area contributed by atoms with Crippen molar-refractivity contribution in [1.29, 1.82) is 0 Å². The van der Waals surface area contributed by atoms with Gasteiger partial charge in [0.1, 0.15) is 12.4 Å². The molecule has 172 valence electrons. The number of anilines is 1. The molecule has 0 unspecified atom stereocenters. The van der Waals surface area contributed by atoms with Crippen molar-refractivity contribution >= 4 is 61.4 Å². The highest BCUT2D eigenvalue weighted by molar-refractivity contribution is 9.11. The number of esters is 1. The summed E-state index contributed by atoms with van der Waals surface area (Å²) in [6, 6.07) is 18.7. The molecule has 1 heterocycles. The number of amides is 1. The number of nitrogens with zero attached hydrogens (tertiary/aromatic N) is 1. The normalized spacial score (nSPS) is 14.1. The number of rotatable bonds is 6. The lowest BCUT2D eigenvalue weighted by Crippen LogP contribution is -2.07. The lowest BCUT2D eigenvalue weighted by Gasteiger charge is -2.12. The average molecular weight is 584 g/mol. The first-order chi connectivity index (χ1) is 16.3. The van der Waals surface area contributed by atoms with E-state index in [4.69, 9.17) is 9.47 Å². The molecule has 0 aliphatic carbocycles. The molecule has 6 nitrogen and oxygen atoms in total. The molecule has 3 aromatic carbocycles. The number of aliphatic imine (C=N–C) groups is 1. The molecule has 0 radical (unpaired) electrons. The minimum absolute atomic E-state index is 0.161. The summed E-state index contributed by atoms with van der Waals surface area (Å²) < 4.78 is 12.8. The van der Waals surface area contributed by atoms with Gasteiger partial charge in [0.25, 0.3) is 0 Å². The quantitative estimate of drug-likeness (QED) is 0.269. The molecule has 0 aromatic heterocycles. The third-order valence-electron chi connectivity index (χ3n) is 4.86. The van der Waals surface area contributed by atoms with E-state index >= 15 is 0 Å². The van der Waals surface area contributed by atoms with Gasteiger partial charge in [0.15, 0.2) is 5.70 Å². The lowest BCUT2D eigenvalue weighted by molar-refractivity contribution is -0.129. The zero-order valence-electron chi connectivity index (χ0n) is 18.4. The summed E-state index contributed by atoms with van der Waals surface area (Å²) in [6.07, 6.45) is 1.65. The first kappa shape index (κ1) is 23.9. The summed E-state index contributed by atoms with van der Waals surface area (Å²) in [5.74, 6) is 0.183. The number of hydrogen-bond acceptors (Lipinski definition) is 5. The van der Waals surface area contributed by atoms with Gasteiger partial charge in [0, 0.05) is 18.2 Å². The fraction of sp³-hybridized carbons (Fsp3) is 0.115. The Labute approximate surface area is 214 Å². The van der Waals surface area contributed by atoms with Crippen LogP contribution in [0.3, 0.4) is 0 Å². The third kappa shape index (κ3) is 5.81. The molecule has 1 amide bonds. The van der Waals surface area contributed by atoms with Crippen LogP contribution in [0.4, 0.5) is 5.69 Å². The molecule has 0 saturated heterocycles. The molecule has 0 spiro atoms. The first-order valence-corrected chi connectivity index (χ1v) is 11.9. The Morgan fingerprint density at radius 3 is 2.44 bits per heavy atom. The predicted octanol–water partition coefficient (Wildman–Crippen LogP) is 6.40. The number of halogens is 2. The summed E-state index contributed by atoms with van der Waals surface area (Å²) in [6.45, 7) is 3.91. The number of ether oxygens (including phenoxy) is 2. The van der Waals surface area contributed by atoms with Crippen LogP contribution in [0, 0.1) is 6.92 Å². The van der Waals surface area contributed by atoms with Gasteiger partial charge in [0.05, 0.1) is 8.95 Å². The maximum absolute atomic E-state index is 12.4. The molecule has 0 bridgehead atoms. The van der Waals surface area contributed by atoms with Crippen LogP contribution < -0.4 is 10.1 Å². The van der Waals surface area contributed by atoms with E-state index < -0.39 is 5.97 Å². The Morgan fingerprint density at radius 1 is 1.09 bits per heavy atom. The Balaban J connectivity index is 1.52. The summed E-state index contributed by atoms with van der Waals surface area (Å²) >= 11 is 7.11. The highest BCUT2D eigenvalue weighted by Crippen LogP contribution is 2.36. The molecule has 3 aromatic rings. The van der Waals surface area contributed by atoms with Crippen molar-refractivity contribution in [2.45, 2.75) is 20.5 Å². The Hall–Kier alpha value is -3.23. The van der Waals surface area contributed by atoms with Crippen LogP contribution in [0.5, 0.6) is 5.75 Å². The van der Waals surface area contributed by atoms with Crippen LogP contribution in [-0.4, -0.2) is 17.8 Å². The zero-order valence-corrected chi connectivity index (χ0v) is 21.6. The lowest BCUT2D eigenvalue weighted by atomic mass is 10.1. The number of nitrogens with one attached hydrogen (secondary N) is 1. The van der Waals surface area contributed by atoms with Crippen LogP contribution >= 0.6 is 31.9 Å². The standard InChI is InChI=1S/C26H20Br2N2O4/c1-15-4-3-5-17(10-15)14-33-24-21(27)11-18(12-22(24)28)13-23-26(32)34-25(30-23)19-6-8-20(9-7-19)29-16(2)31/h3-13H,14H2,1-2H3,(H,29,31)/b23-13-. The number of aryl methyl sites for hydroxylation is 1. The van der Waals surface area contributed by atoms with Gasteiger partial charge in [0.2, 0.25) is 11.8 Å². The van der Waals surface area contributed by atoms with Gasteiger partial charge in [-0.3, -0.25) is 4.79 Å². The number of benzene rings is 3. The van der Waals surface area contributed by atoms with Gasteiger partial charge in [-0.25, -0.2) is 9.79 Å². The van der Waals surface area contributed by atoms with Crippen LogP contribution in [-0.2, 0) is 20.9 Å². The van der Waals surface area contributed by atoms with Crippen LogP contribution in [0.1, 0.15) is 29.2 Å². The van der Waals surface area contributed by atoms with E-state index in [-0.39, 0.29) is 17.5 Å². The fourth-order valence-electron chi connectivity index (χ4n) is 3.35. The van der Waals surface area contributed by atoms with Crippen molar-refractivity contribution in [1.82, 2.24) is 0 Å². The molecule has 1 aliphatic heterocycles. The summed E-state index contributed by atoms with van der Waals surface area (Å²) in [5.41, 5.74) is 4.47. The van der Waals surface area contributed by atoms with Crippen LogP contribution in [0.25, 0.3) is 6.08 Å². The van der Waals surface area contributed by atoms with E-state index in [0.717, 1.165) is 20.1 Å². The molecule has 0 atom stereocenters. The Morgan fingerprint density at radius 2 is 1.79 bits per heavy atom. The zero-order chi connectivity index (χ0) is 24.2. The highest BCUT2D eigenvalue weighted by Gasteiger charge is 2.24. The van der Waals surface area contributed by atoms with Crippen LogP contribution in [0.2, 0.25) is 0 Å². The van der Waals surface area contributed by atoms with Crippen LogP contribution in [0.15, 0.2) is 80.3 Å². The van der Waals surface area contributed by atoms with Gasteiger partial charge in [-0.05, 0) is 92.4 Å². The summed E-state index contributed by atoms with van der Waals surface area (Å²) in [7, 11) is 0. The smallest absolute Gasteiger partial charge is 0.363 e. The van der Waals surface area contributed by atoms with Gasteiger partial charge in [-0.2, -0.15) is 0 Å². The Kier molecular flexibility index (Phi) is 7.29. The molecule has 4 rings (SSSR count). The molecule has 0 fully saturated rings.